The van der Waals surface area contributed by atoms with Crippen LogP contribution in [-0.4, -0.2) is 0 Å². The summed E-state index contributed by atoms with van der Waals surface area (Å²) < 4.78 is 0. The molecule has 1 heteroatoms. The van der Waals surface area contributed by atoms with E-state index >= 15 is 0 Å². The molecule has 2 aliphatic carbocycles. The fourth-order valence-electron chi connectivity index (χ4n) is 12.3. The maximum absolute atomic E-state index is 2.47. The molecule has 1 nitrogen and oxygen atoms in total. The molecule has 14 rings (SSSR count). The Morgan fingerprint density at radius 3 is 1.52 bits per heavy atom. The van der Waals surface area contributed by atoms with Crippen molar-refractivity contribution in [2.75, 3.05) is 4.90 Å². The number of benzene rings is 12. The minimum Gasteiger partial charge on any atom is -0.310 e. The van der Waals surface area contributed by atoms with E-state index in [1.807, 2.05) is 0 Å². The molecule has 1 atom stereocenters. The summed E-state index contributed by atoms with van der Waals surface area (Å²) in [7, 11) is 0. The largest absolute Gasteiger partial charge is 0.310 e. The molecule has 0 amide bonds. The quantitative estimate of drug-likeness (QED) is 0.139. The predicted molar refractivity (Wildman–Crippen MR) is 305 cm³/mol. The third-order valence-corrected chi connectivity index (χ3v) is 15.6. The van der Waals surface area contributed by atoms with E-state index in [9.17, 15) is 0 Å². The molecular formula is C72H49N. The average Bonchev–Trinajstić information content (AvgIpc) is 3.96. The standard InChI is InChI=1S/C72H49N/c1-4-17-49(18-5-1)51-31-34-53(35-32-51)71-67-29-13-12-27-63(67)64-43-39-57(47-68(64)71)55-21-16-26-61(46-55)73(60-40-37-52(38-41-60)56-36-33-50-19-10-11-20-54(50)45-56)62-42-44-66-65-28-14-15-30-69(65)72(70(66)48-62,58-22-6-2-7-23-58)59-24-8-3-9-25-59/h1-48,71H. The Labute approximate surface area is 427 Å². The molecule has 0 fully saturated rings. The lowest BCUT2D eigenvalue weighted by molar-refractivity contribution is 0.768. The Hall–Kier alpha value is -9.30. The fourth-order valence-corrected chi connectivity index (χ4v) is 12.3. The van der Waals surface area contributed by atoms with Crippen molar-refractivity contribution in [1.29, 1.82) is 0 Å². The van der Waals surface area contributed by atoms with Crippen molar-refractivity contribution in [2.45, 2.75) is 11.3 Å². The molecule has 12 aromatic rings. The van der Waals surface area contributed by atoms with Crippen LogP contribution in [-0.2, 0) is 5.41 Å². The van der Waals surface area contributed by atoms with Crippen molar-refractivity contribution in [1.82, 2.24) is 0 Å². The van der Waals surface area contributed by atoms with Crippen molar-refractivity contribution in [2.24, 2.45) is 0 Å². The van der Waals surface area contributed by atoms with Gasteiger partial charge in [-0.15, -0.1) is 0 Å². The molecule has 0 saturated carbocycles. The molecular weight excluding hydrogens is 879 g/mol. The van der Waals surface area contributed by atoms with Crippen LogP contribution in [0.5, 0.6) is 0 Å². The fraction of sp³-hybridized carbons (Fsp3) is 0.0278. The van der Waals surface area contributed by atoms with Crippen molar-refractivity contribution >= 4 is 27.8 Å². The molecule has 342 valence electrons. The highest BCUT2D eigenvalue weighted by atomic mass is 15.1. The molecule has 0 spiro atoms. The van der Waals surface area contributed by atoms with E-state index in [1.54, 1.807) is 0 Å². The third kappa shape index (κ3) is 7.08. The van der Waals surface area contributed by atoms with E-state index in [0.29, 0.717) is 0 Å². The van der Waals surface area contributed by atoms with Crippen molar-refractivity contribution < 1.29 is 0 Å². The highest BCUT2D eigenvalue weighted by Crippen LogP contribution is 2.57. The monoisotopic (exact) mass is 927 g/mol. The Bertz CT molecular complexity index is 3970. The van der Waals surface area contributed by atoms with Gasteiger partial charge in [0, 0.05) is 23.0 Å². The maximum atomic E-state index is 2.47. The van der Waals surface area contributed by atoms with Gasteiger partial charge in [-0.25, -0.2) is 0 Å². The lowest BCUT2D eigenvalue weighted by Crippen LogP contribution is -2.28. The number of hydrogen-bond acceptors (Lipinski definition) is 1. The van der Waals surface area contributed by atoms with Gasteiger partial charge in [-0.3, -0.25) is 0 Å². The Morgan fingerprint density at radius 1 is 0.260 bits per heavy atom. The summed E-state index contributed by atoms with van der Waals surface area (Å²) in [6.07, 6.45) is 0. The van der Waals surface area contributed by atoms with Gasteiger partial charge in [-0.2, -0.15) is 0 Å². The molecule has 0 aromatic heterocycles. The van der Waals surface area contributed by atoms with Crippen LogP contribution in [0.3, 0.4) is 0 Å². The number of hydrogen-bond donors (Lipinski definition) is 0. The topological polar surface area (TPSA) is 3.24 Å². The average molecular weight is 928 g/mol. The number of nitrogens with zero attached hydrogens (tertiary/aromatic N) is 1. The summed E-state index contributed by atoms with van der Waals surface area (Å²) in [6, 6.07) is 108. The summed E-state index contributed by atoms with van der Waals surface area (Å²) in [5.41, 5.74) is 24.2. The first-order valence-electron chi connectivity index (χ1n) is 25.4. The molecule has 0 aliphatic heterocycles. The zero-order valence-electron chi connectivity index (χ0n) is 40.2. The summed E-state index contributed by atoms with van der Waals surface area (Å²) in [5, 5.41) is 2.49. The summed E-state index contributed by atoms with van der Waals surface area (Å²) >= 11 is 0. The van der Waals surface area contributed by atoms with Crippen LogP contribution in [0.15, 0.2) is 291 Å². The molecule has 0 radical (unpaired) electrons. The van der Waals surface area contributed by atoms with Crippen LogP contribution in [0.4, 0.5) is 17.1 Å². The van der Waals surface area contributed by atoms with Gasteiger partial charge in [0.15, 0.2) is 0 Å². The van der Waals surface area contributed by atoms with E-state index in [-0.39, 0.29) is 5.92 Å². The third-order valence-electron chi connectivity index (χ3n) is 15.6. The van der Waals surface area contributed by atoms with Gasteiger partial charge in [-0.1, -0.05) is 243 Å². The first-order valence-corrected chi connectivity index (χ1v) is 25.4. The Kier molecular flexibility index (Phi) is 10.2. The first kappa shape index (κ1) is 42.6. The molecule has 2 aliphatic rings. The molecule has 0 heterocycles. The highest BCUT2D eigenvalue weighted by Gasteiger charge is 2.46. The normalized spacial score (nSPS) is 13.7. The number of rotatable bonds is 9. The molecule has 0 saturated heterocycles. The zero-order valence-corrected chi connectivity index (χ0v) is 40.2. The molecule has 73 heavy (non-hydrogen) atoms. The van der Waals surface area contributed by atoms with Gasteiger partial charge in [0.05, 0.1) is 5.41 Å². The maximum Gasteiger partial charge on any atom is 0.0714 e. The van der Waals surface area contributed by atoms with E-state index in [2.05, 4.69) is 296 Å². The molecule has 0 N–H and O–H groups in total. The lowest BCUT2D eigenvalue weighted by Gasteiger charge is -2.35. The smallest absolute Gasteiger partial charge is 0.0714 e. The van der Waals surface area contributed by atoms with E-state index in [4.69, 9.17) is 0 Å². The van der Waals surface area contributed by atoms with Gasteiger partial charge >= 0.3 is 0 Å². The minimum atomic E-state index is -0.529. The van der Waals surface area contributed by atoms with Crippen LogP contribution in [0.2, 0.25) is 0 Å². The van der Waals surface area contributed by atoms with Gasteiger partial charge < -0.3 is 4.90 Å². The Morgan fingerprint density at radius 2 is 0.753 bits per heavy atom. The second kappa shape index (κ2) is 17.5. The Balaban J connectivity index is 0.918. The summed E-state index contributed by atoms with van der Waals surface area (Å²) in [6.45, 7) is 0. The van der Waals surface area contributed by atoms with Crippen molar-refractivity contribution in [3.8, 4) is 55.6 Å². The number of fused-ring (bicyclic) bond motifs is 7. The first-order chi connectivity index (χ1) is 36.2. The van der Waals surface area contributed by atoms with E-state index in [0.717, 1.165) is 17.1 Å². The molecule has 1 unspecified atom stereocenters. The zero-order chi connectivity index (χ0) is 48.3. The molecule has 0 bridgehead atoms. The summed E-state index contributed by atoms with van der Waals surface area (Å²) in [5.74, 6) is 0.127. The van der Waals surface area contributed by atoms with Crippen LogP contribution in [0.25, 0.3) is 66.4 Å². The van der Waals surface area contributed by atoms with Crippen LogP contribution >= 0.6 is 0 Å². The van der Waals surface area contributed by atoms with Crippen LogP contribution < -0.4 is 4.90 Å². The van der Waals surface area contributed by atoms with Crippen LogP contribution in [0, 0.1) is 0 Å². The van der Waals surface area contributed by atoms with Gasteiger partial charge in [0.1, 0.15) is 0 Å². The minimum absolute atomic E-state index is 0.127. The van der Waals surface area contributed by atoms with Crippen LogP contribution in [0.1, 0.15) is 44.9 Å². The van der Waals surface area contributed by atoms with Gasteiger partial charge in [0.25, 0.3) is 0 Å². The summed E-state index contributed by atoms with van der Waals surface area (Å²) in [4.78, 5) is 2.46. The van der Waals surface area contributed by atoms with Crippen molar-refractivity contribution in [3.63, 3.8) is 0 Å². The molecule has 12 aromatic carbocycles. The second-order valence-corrected chi connectivity index (χ2v) is 19.6. The van der Waals surface area contributed by atoms with Crippen molar-refractivity contribution in [3.05, 3.63) is 330 Å². The van der Waals surface area contributed by atoms with Gasteiger partial charge in [-0.05, 0) is 154 Å². The SMILES string of the molecule is c1ccc(-c2ccc(C3c4ccccc4-c4ccc(-c5cccc(N(c6ccc(-c7ccc8ccccc8c7)cc6)c6ccc7c(c6)C(c6ccccc6)(c6ccccc6)c6ccccc6-7)c5)cc43)cc2)cc1. The highest BCUT2D eigenvalue weighted by molar-refractivity contribution is 5.92. The van der Waals surface area contributed by atoms with Gasteiger partial charge in [0.2, 0.25) is 0 Å². The van der Waals surface area contributed by atoms with E-state index < -0.39 is 5.41 Å². The van der Waals surface area contributed by atoms with E-state index in [1.165, 1.54) is 105 Å². The lowest BCUT2D eigenvalue weighted by atomic mass is 9.67. The second-order valence-electron chi connectivity index (χ2n) is 19.6. The predicted octanol–water partition coefficient (Wildman–Crippen LogP) is 18.8. The number of anilines is 3.